The Hall–Kier alpha value is -8.72. The Kier molecular flexibility index (Phi) is 7.32. The third-order valence-corrected chi connectivity index (χ3v) is 13.9. The summed E-state index contributed by atoms with van der Waals surface area (Å²) >= 11 is 0. The van der Waals surface area contributed by atoms with Crippen LogP contribution in [-0.2, 0) is 6.42 Å². The van der Waals surface area contributed by atoms with E-state index in [9.17, 15) is 0 Å². The summed E-state index contributed by atoms with van der Waals surface area (Å²) in [7, 11) is 0. The van der Waals surface area contributed by atoms with Crippen molar-refractivity contribution in [1.82, 2.24) is 4.57 Å². The van der Waals surface area contributed by atoms with E-state index in [1.54, 1.807) is 0 Å². The highest BCUT2D eigenvalue weighted by Gasteiger charge is 2.22. The number of aromatic nitrogens is 1. The standard InChI is InChI=1S/C65H41NO/c1-2-17-42(18-3-1)62-49-23-6-4-19-45(49)56(46-20-5-7-24-50(46)62)39-41-33-38-60-57(40-41)65-55(29-16-32-61(65)67-60)64-53-27-10-8-25-51(53)63(52-26-9-11-28-54(52)64)43-34-36-44(37-35-43)66-58-30-14-12-21-47(58)48-22-13-15-31-59(48)66/h1-38,40H,39H2/i1D,2D,3D,17D,18D. The van der Waals surface area contributed by atoms with Crippen LogP contribution in [0.3, 0.4) is 0 Å². The van der Waals surface area contributed by atoms with Gasteiger partial charge in [-0.25, -0.2) is 0 Å². The van der Waals surface area contributed by atoms with E-state index in [4.69, 9.17) is 11.3 Å². The minimum atomic E-state index is -0.402. The van der Waals surface area contributed by atoms with Crippen LogP contribution in [0, 0.1) is 0 Å². The number of rotatable bonds is 6. The smallest absolute Gasteiger partial charge is 0.136 e. The van der Waals surface area contributed by atoms with Gasteiger partial charge < -0.3 is 8.98 Å². The quantitative estimate of drug-likeness (QED) is 0.152. The molecule has 2 heterocycles. The minimum Gasteiger partial charge on any atom is -0.456 e. The molecule has 67 heavy (non-hydrogen) atoms. The first kappa shape index (κ1) is 32.9. The van der Waals surface area contributed by atoms with Gasteiger partial charge in [0.25, 0.3) is 0 Å². The molecule has 14 rings (SSSR count). The van der Waals surface area contributed by atoms with E-state index in [1.165, 1.54) is 38.1 Å². The minimum absolute atomic E-state index is 0.209. The molecule has 0 saturated carbocycles. The predicted molar refractivity (Wildman–Crippen MR) is 284 cm³/mol. The van der Waals surface area contributed by atoms with Crippen molar-refractivity contribution in [3.8, 4) is 39.1 Å². The second-order valence-electron chi connectivity index (χ2n) is 17.5. The maximum absolute atomic E-state index is 8.99. The summed E-state index contributed by atoms with van der Waals surface area (Å²) in [6, 6.07) is 71.4. The first-order chi connectivity index (χ1) is 35.3. The fourth-order valence-corrected chi connectivity index (χ4v) is 11.2. The van der Waals surface area contributed by atoms with Crippen molar-refractivity contribution in [3.05, 3.63) is 248 Å². The van der Waals surface area contributed by atoms with Crippen LogP contribution in [0.15, 0.2) is 241 Å². The molecule has 0 saturated heterocycles. The van der Waals surface area contributed by atoms with Crippen molar-refractivity contribution >= 4 is 86.8 Å². The molecule has 0 aliphatic carbocycles. The molecular formula is C65H41NO. The fourth-order valence-electron chi connectivity index (χ4n) is 11.2. The summed E-state index contributed by atoms with van der Waals surface area (Å²) in [6.07, 6.45) is 0.586. The Morgan fingerprint density at radius 2 is 0.866 bits per heavy atom. The van der Waals surface area contributed by atoms with E-state index in [-0.39, 0.29) is 29.7 Å². The van der Waals surface area contributed by atoms with Crippen molar-refractivity contribution < 1.29 is 11.3 Å². The van der Waals surface area contributed by atoms with Crippen LogP contribution in [0.25, 0.3) is 126 Å². The van der Waals surface area contributed by atoms with Gasteiger partial charge in [-0.05, 0) is 136 Å². The highest BCUT2D eigenvalue weighted by molar-refractivity contribution is 6.26. The average Bonchev–Trinajstić information content (AvgIpc) is 3.98. The maximum atomic E-state index is 8.99. The highest BCUT2D eigenvalue weighted by Crippen LogP contribution is 2.48. The molecule has 12 aromatic carbocycles. The molecular weight excluding hydrogens is 811 g/mol. The molecule has 2 nitrogen and oxygen atoms in total. The second kappa shape index (κ2) is 14.9. The Balaban J connectivity index is 0.934. The number of benzene rings is 12. The van der Waals surface area contributed by atoms with E-state index in [1.807, 2.05) is 36.4 Å². The number of hydrogen-bond donors (Lipinski definition) is 0. The van der Waals surface area contributed by atoms with Gasteiger partial charge in [-0.1, -0.05) is 194 Å². The molecule has 0 amide bonds. The topological polar surface area (TPSA) is 18.1 Å². The molecule has 0 radical (unpaired) electrons. The third-order valence-electron chi connectivity index (χ3n) is 13.9. The lowest BCUT2D eigenvalue weighted by Gasteiger charge is -2.19. The monoisotopic (exact) mass is 856 g/mol. The zero-order chi connectivity index (χ0) is 48.4. The van der Waals surface area contributed by atoms with Crippen LogP contribution < -0.4 is 0 Å². The normalized spacial score (nSPS) is 13.0. The zero-order valence-corrected chi connectivity index (χ0v) is 36.2. The van der Waals surface area contributed by atoms with Crippen LogP contribution in [-0.4, -0.2) is 4.57 Å². The van der Waals surface area contributed by atoms with Crippen LogP contribution in [0.5, 0.6) is 0 Å². The van der Waals surface area contributed by atoms with Gasteiger partial charge in [0.15, 0.2) is 0 Å². The number of fused-ring (bicyclic) bond motifs is 10. The number of para-hydroxylation sites is 2. The summed E-state index contributed by atoms with van der Waals surface area (Å²) in [5.41, 5.74) is 12.8. The van der Waals surface area contributed by atoms with E-state index in [0.29, 0.717) is 12.0 Å². The Morgan fingerprint density at radius 3 is 1.45 bits per heavy atom. The van der Waals surface area contributed by atoms with Crippen molar-refractivity contribution in [2.75, 3.05) is 0 Å². The van der Waals surface area contributed by atoms with Crippen molar-refractivity contribution in [2.45, 2.75) is 6.42 Å². The summed E-state index contributed by atoms with van der Waals surface area (Å²) in [6.45, 7) is 0. The summed E-state index contributed by atoms with van der Waals surface area (Å²) in [5.74, 6) is 0. The molecule has 14 aromatic rings. The van der Waals surface area contributed by atoms with E-state index in [2.05, 4.69) is 174 Å². The van der Waals surface area contributed by atoms with Crippen LogP contribution >= 0.6 is 0 Å². The van der Waals surface area contributed by atoms with Gasteiger partial charge in [0, 0.05) is 27.2 Å². The lowest BCUT2D eigenvalue weighted by Crippen LogP contribution is -1.95. The van der Waals surface area contributed by atoms with Crippen molar-refractivity contribution in [3.63, 3.8) is 0 Å². The predicted octanol–water partition coefficient (Wildman–Crippen LogP) is 17.9. The van der Waals surface area contributed by atoms with Gasteiger partial charge in [-0.2, -0.15) is 0 Å². The van der Waals surface area contributed by atoms with Gasteiger partial charge in [-0.3, -0.25) is 0 Å². The molecule has 0 spiro atoms. The van der Waals surface area contributed by atoms with Gasteiger partial charge >= 0.3 is 0 Å². The van der Waals surface area contributed by atoms with Crippen LogP contribution in [0.1, 0.15) is 18.0 Å². The lowest BCUT2D eigenvalue weighted by atomic mass is 9.84. The second-order valence-corrected chi connectivity index (χ2v) is 17.5. The van der Waals surface area contributed by atoms with Gasteiger partial charge in [-0.15, -0.1) is 0 Å². The molecule has 0 unspecified atom stereocenters. The van der Waals surface area contributed by atoms with Gasteiger partial charge in [0.2, 0.25) is 0 Å². The summed E-state index contributed by atoms with van der Waals surface area (Å²) in [5, 5.41) is 12.8. The Morgan fingerprint density at radius 1 is 0.373 bits per heavy atom. The Bertz CT molecular complexity index is 4410. The molecule has 0 aliphatic rings. The van der Waals surface area contributed by atoms with Gasteiger partial charge in [0.1, 0.15) is 11.2 Å². The van der Waals surface area contributed by atoms with Crippen LogP contribution in [0.2, 0.25) is 0 Å². The zero-order valence-electron chi connectivity index (χ0n) is 41.2. The Labute approximate surface area is 394 Å². The molecule has 312 valence electrons. The largest absolute Gasteiger partial charge is 0.456 e. The van der Waals surface area contributed by atoms with E-state index < -0.39 is 6.04 Å². The third kappa shape index (κ3) is 5.76. The molecule has 0 N–H and O–H groups in total. The van der Waals surface area contributed by atoms with Gasteiger partial charge in [0.05, 0.1) is 17.9 Å². The molecule has 0 atom stereocenters. The first-order valence-corrected chi connectivity index (χ1v) is 22.8. The maximum Gasteiger partial charge on any atom is 0.136 e. The van der Waals surface area contributed by atoms with Crippen molar-refractivity contribution in [2.24, 2.45) is 0 Å². The highest BCUT2D eigenvalue weighted by atomic mass is 16.3. The van der Waals surface area contributed by atoms with Crippen molar-refractivity contribution in [1.29, 1.82) is 0 Å². The lowest BCUT2D eigenvalue weighted by molar-refractivity contribution is 0.669. The van der Waals surface area contributed by atoms with E-state index >= 15 is 0 Å². The fraction of sp³-hybridized carbons (Fsp3) is 0.0154. The molecule has 2 aromatic heterocycles. The molecule has 0 fully saturated rings. The first-order valence-electron chi connectivity index (χ1n) is 25.3. The SMILES string of the molecule is [2H]c1c([2H])c([2H])c(-c2c3ccccc3c(Cc3ccc4oc5cccc(-c6c7ccccc7c(-c7ccc(-n8c9ccccc9c9ccccc98)cc7)c7ccccc67)c5c4c3)c3ccccc23)c([2H])c1[2H]. The summed E-state index contributed by atoms with van der Waals surface area (Å²) < 4.78 is 52.5. The number of nitrogens with zero attached hydrogens (tertiary/aromatic N) is 1. The number of hydrogen-bond acceptors (Lipinski definition) is 1. The van der Waals surface area contributed by atoms with Crippen LogP contribution in [0.4, 0.5) is 0 Å². The molecule has 0 aliphatic heterocycles. The molecule has 0 bridgehead atoms. The number of furan rings is 1. The molecule has 2 heteroatoms. The summed E-state index contributed by atoms with van der Waals surface area (Å²) in [4.78, 5) is 0. The average molecular weight is 857 g/mol. The van der Waals surface area contributed by atoms with E-state index in [0.717, 1.165) is 87.8 Å².